The van der Waals surface area contributed by atoms with Crippen molar-refractivity contribution in [2.24, 2.45) is 11.1 Å². The molecule has 0 atom stereocenters. The summed E-state index contributed by atoms with van der Waals surface area (Å²) in [6, 6.07) is 0. The number of nitrogens with two attached hydrogens (primary N) is 1. The van der Waals surface area contributed by atoms with Crippen LogP contribution >= 0.6 is 12.2 Å². The Kier molecular flexibility index (Phi) is 6.20. The predicted octanol–water partition coefficient (Wildman–Crippen LogP) is 2.11. The van der Waals surface area contributed by atoms with Crippen molar-refractivity contribution in [1.29, 1.82) is 0 Å². The van der Waals surface area contributed by atoms with Crippen molar-refractivity contribution in [1.82, 2.24) is 4.90 Å². The number of nitrogens with zero attached hydrogens (tertiary/aromatic N) is 1. The van der Waals surface area contributed by atoms with Crippen molar-refractivity contribution >= 4 is 23.1 Å². The summed E-state index contributed by atoms with van der Waals surface area (Å²) in [5, 5.41) is 0. The zero-order chi connectivity index (χ0) is 14.5. The Morgan fingerprint density at radius 3 is 2.53 bits per heavy atom. The largest absolute Gasteiger partial charge is 0.393 e. The lowest BCUT2D eigenvalue weighted by Gasteiger charge is -2.34. The molecule has 0 aliphatic heterocycles. The summed E-state index contributed by atoms with van der Waals surface area (Å²) < 4.78 is 5.71. The van der Waals surface area contributed by atoms with Gasteiger partial charge >= 0.3 is 0 Å². The number of carbonyl (C=O) groups is 1. The molecule has 19 heavy (non-hydrogen) atoms. The van der Waals surface area contributed by atoms with Crippen LogP contribution in [-0.2, 0) is 9.53 Å². The van der Waals surface area contributed by atoms with E-state index in [1.54, 1.807) is 11.9 Å². The number of likely N-dealkylation sites (N-methyl/N-ethyl adjacent to an activating group) is 1. The van der Waals surface area contributed by atoms with E-state index in [0.717, 1.165) is 12.8 Å². The molecule has 0 aromatic carbocycles. The van der Waals surface area contributed by atoms with Gasteiger partial charge < -0.3 is 15.4 Å². The van der Waals surface area contributed by atoms with Gasteiger partial charge in [0.25, 0.3) is 0 Å². The SMILES string of the molecule is CN(CCC(N)=S)C(=O)COC1CCC(C)(C)CC1. The summed E-state index contributed by atoms with van der Waals surface area (Å²) >= 11 is 4.80. The highest BCUT2D eigenvalue weighted by atomic mass is 32.1. The molecule has 0 aromatic heterocycles. The summed E-state index contributed by atoms with van der Waals surface area (Å²) in [4.78, 5) is 13.9. The third-order valence-corrected chi connectivity index (χ3v) is 4.05. The van der Waals surface area contributed by atoms with Crippen molar-refractivity contribution in [3.8, 4) is 0 Å². The zero-order valence-corrected chi connectivity index (χ0v) is 13.1. The minimum absolute atomic E-state index is 0.00100. The van der Waals surface area contributed by atoms with E-state index >= 15 is 0 Å². The Hall–Kier alpha value is -0.680. The first-order chi connectivity index (χ1) is 8.80. The highest BCUT2D eigenvalue weighted by Gasteiger charge is 2.27. The summed E-state index contributed by atoms with van der Waals surface area (Å²) in [6.45, 7) is 5.31. The van der Waals surface area contributed by atoms with Gasteiger partial charge in [0.15, 0.2) is 0 Å². The Morgan fingerprint density at radius 2 is 2.00 bits per heavy atom. The number of rotatable bonds is 6. The number of hydrogen-bond donors (Lipinski definition) is 1. The molecule has 0 unspecified atom stereocenters. The van der Waals surface area contributed by atoms with E-state index in [0.29, 0.717) is 23.4 Å². The summed E-state index contributed by atoms with van der Waals surface area (Å²) in [5.41, 5.74) is 5.85. The van der Waals surface area contributed by atoms with Crippen LogP contribution in [0.3, 0.4) is 0 Å². The van der Waals surface area contributed by atoms with Crippen LogP contribution in [0.2, 0.25) is 0 Å². The topological polar surface area (TPSA) is 55.6 Å². The quantitative estimate of drug-likeness (QED) is 0.760. The second-order valence-corrected chi connectivity index (χ2v) is 6.73. The first kappa shape index (κ1) is 16.4. The summed E-state index contributed by atoms with van der Waals surface area (Å²) in [5.74, 6) is 0.00100. The first-order valence-electron chi connectivity index (χ1n) is 6.94. The highest BCUT2D eigenvalue weighted by molar-refractivity contribution is 7.80. The van der Waals surface area contributed by atoms with Crippen LogP contribution in [0, 0.1) is 5.41 Å². The molecule has 0 bridgehead atoms. The van der Waals surface area contributed by atoms with Crippen LogP contribution in [0.15, 0.2) is 0 Å². The minimum atomic E-state index is 0.00100. The fourth-order valence-corrected chi connectivity index (χ4v) is 2.33. The minimum Gasteiger partial charge on any atom is -0.393 e. The molecule has 110 valence electrons. The molecule has 5 heteroatoms. The van der Waals surface area contributed by atoms with Crippen molar-refractivity contribution < 1.29 is 9.53 Å². The van der Waals surface area contributed by atoms with Gasteiger partial charge in [0.2, 0.25) is 5.91 Å². The molecule has 1 aliphatic carbocycles. The Bertz CT molecular complexity index is 321. The Morgan fingerprint density at radius 1 is 1.42 bits per heavy atom. The maximum Gasteiger partial charge on any atom is 0.248 e. The van der Waals surface area contributed by atoms with Crippen LogP contribution in [0.25, 0.3) is 0 Å². The molecule has 1 rings (SSSR count). The van der Waals surface area contributed by atoms with Gasteiger partial charge in [-0.2, -0.15) is 0 Å². The van der Waals surface area contributed by atoms with E-state index in [-0.39, 0.29) is 18.6 Å². The number of amides is 1. The number of hydrogen-bond acceptors (Lipinski definition) is 3. The molecule has 1 fully saturated rings. The lowest BCUT2D eigenvalue weighted by Crippen LogP contribution is -2.35. The van der Waals surface area contributed by atoms with Crippen LogP contribution < -0.4 is 5.73 Å². The maximum atomic E-state index is 11.8. The molecular weight excluding hydrogens is 260 g/mol. The fraction of sp³-hybridized carbons (Fsp3) is 0.857. The molecule has 0 heterocycles. The van der Waals surface area contributed by atoms with Crippen molar-refractivity contribution in [3.05, 3.63) is 0 Å². The lowest BCUT2D eigenvalue weighted by atomic mass is 9.76. The Labute approximate surface area is 121 Å². The van der Waals surface area contributed by atoms with Crippen LogP contribution in [-0.4, -0.2) is 42.1 Å². The molecule has 0 saturated heterocycles. The highest BCUT2D eigenvalue weighted by Crippen LogP contribution is 2.36. The van der Waals surface area contributed by atoms with Gasteiger partial charge in [0.1, 0.15) is 6.61 Å². The second kappa shape index (κ2) is 7.20. The van der Waals surface area contributed by atoms with E-state index in [2.05, 4.69) is 13.8 Å². The van der Waals surface area contributed by atoms with Gasteiger partial charge in [-0.1, -0.05) is 26.1 Å². The van der Waals surface area contributed by atoms with Gasteiger partial charge in [-0.3, -0.25) is 4.79 Å². The fourth-order valence-electron chi connectivity index (χ4n) is 2.24. The number of thiocarbonyl (C=S) groups is 1. The third kappa shape index (κ3) is 6.34. The lowest BCUT2D eigenvalue weighted by molar-refractivity contribution is -0.137. The molecule has 4 nitrogen and oxygen atoms in total. The first-order valence-corrected chi connectivity index (χ1v) is 7.35. The number of ether oxygens (including phenoxy) is 1. The van der Waals surface area contributed by atoms with Crippen LogP contribution in [0.4, 0.5) is 0 Å². The second-order valence-electron chi connectivity index (χ2n) is 6.21. The molecule has 2 N–H and O–H groups in total. The van der Waals surface area contributed by atoms with E-state index in [4.69, 9.17) is 22.7 Å². The van der Waals surface area contributed by atoms with Crippen LogP contribution in [0.5, 0.6) is 0 Å². The van der Waals surface area contributed by atoms with E-state index in [9.17, 15) is 4.79 Å². The average Bonchev–Trinajstić information content (AvgIpc) is 2.34. The molecule has 0 radical (unpaired) electrons. The molecule has 1 amide bonds. The van der Waals surface area contributed by atoms with E-state index in [1.807, 2.05) is 0 Å². The van der Waals surface area contributed by atoms with Gasteiger partial charge in [-0.15, -0.1) is 0 Å². The Balaban J connectivity index is 2.21. The van der Waals surface area contributed by atoms with Crippen molar-refractivity contribution in [2.45, 2.75) is 52.1 Å². The van der Waals surface area contributed by atoms with E-state index in [1.165, 1.54) is 12.8 Å². The third-order valence-electron chi connectivity index (χ3n) is 3.85. The van der Waals surface area contributed by atoms with Gasteiger partial charge in [0.05, 0.1) is 11.1 Å². The summed E-state index contributed by atoms with van der Waals surface area (Å²) in [6.07, 6.45) is 5.25. The molecule has 0 spiro atoms. The molecule has 1 aliphatic rings. The maximum absolute atomic E-state index is 11.8. The van der Waals surface area contributed by atoms with Gasteiger partial charge in [-0.25, -0.2) is 0 Å². The van der Waals surface area contributed by atoms with Gasteiger partial charge in [0, 0.05) is 20.0 Å². The normalized spacial score (nSPS) is 19.1. The number of carbonyl (C=O) groups excluding carboxylic acids is 1. The monoisotopic (exact) mass is 286 g/mol. The molecule has 0 aromatic rings. The predicted molar refractivity (Wildman–Crippen MR) is 81.0 cm³/mol. The zero-order valence-electron chi connectivity index (χ0n) is 12.3. The van der Waals surface area contributed by atoms with Gasteiger partial charge in [-0.05, 0) is 31.1 Å². The standard InChI is InChI=1S/C14H26N2O2S/c1-14(2)7-4-11(5-8-14)18-10-13(17)16(3)9-6-12(15)19/h11H,4-10H2,1-3H3,(H2,15,19). The smallest absolute Gasteiger partial charge is 0.248 e. The van der Waals surface area contributed by atoms with Crippen molar-refractivity contribution in [3.63, 3.8) is 0 Å². The average molecular weight is 286 g/mol. The molecule has 1 saturated carbocycles. The van der Waals surface area contributed by atoms with Crippen LogP contribution in [0.1, 0.15) is 46.0 Å². The molecular formula is C14H26N2O2S. The van der Waals surface area contributed by atoms with E-state index < -0.39 is 0 Å². The summed E-state index contributed by atoms with van der Waals surface area (Å²) in [7, 11) is 1.76. The van der Waals surface area contributed by atoms with Crippen molar-refractivity contribution in [2.75, 3.05) is 20.2 Å².